The molecule has 6 heterocycles. The first kappa shape index (κ1) is 41.5. The fraction of sp³-hybridized carbons (Fsp3) is 0.367. The van der Waals surface area contributed by atoms with Crippen LogP contribution in [0.1, 0.15) is 81.3 Å². The Bertz CT molecular complexity index is 2710. The van der Waals surface area contributed by atoms with E-state index in [1.807, 2.05) is 61.2 Å². The lowest BCUT2D eigenvalue weighted by molar-refractivity contribution is -0.155. The molecule has 1 saturated heterocycles. The Morgan fingerprint density at radius 1 is 0.810 bits per heavy atom. The first-order valence-electron chi connectivity index (χ1n) is 21.8. The second-order valence-electron chi connectivity index (χ2n) is 17.2. The summed E-state index contributed by atoms with van der Waals surface area (Å²) in [5.41, 5.74) is 8.41. The third kappa shape index (κ3) is 7.72. The highest BCUT2D eigenvalue weighted by molar-refractivity contribution is 6.02. The van der Waals surface area contributed by atoms with E-state index < -0.39 is 24.0 Å². The molecule has 324 valence electrons. The van der Waals surface area contributed by atoms with Crippen LogP contribution in [0, 0.1) is 17.8 Å². The molecule has 3 aliphatic heterocycles. The molecular weight excluding hydrogens is 797 g/mol. The number of aryl methyl sites for hydroxylation is 1. The summed E-state index contributed by atoms with van der Waals surface area (Å²) in [5, 5.41) is 4.86. The molecule has 14 nitrogen and oxygen atoms in total. The van der Waals surface area contributed by atoms with Gasteiger partial charge in [0.15, 0.2) is 0 Å². The van der Waals surface area contributed by atoms with E-state index in [2.05, 4.69) is 63.8 Å². The van der Waals surface area contributed by atoms with Gasteiger partial charge in [-0.1, -0.05) is 63.2 Å². The fourth-order valence-corrected chi connectivity index (χ4v) is 9.93. The van der Waals surface area contributed by atoms with E-state index in [-0.39, 0.29) is 35.8 Å². The lowest BCUT2D eigenvalue weighted by Gasteiger charge is -2.33. The standard InChI is InChI=1S/C49H52N8O6/c1-6-35(48(60)62-4)42(27(2)3)47(59)56-20-8-11-40(56)44-51-26-39(54-44)34-17-18-36(50-24-34)31-14-12-30-22-32(15-13-29(30)21-31)38-25-52-45(53-38)41-23-33-10-7-9-28-16-19-37(55-49(61)63-5)46(58)57(41)43(28)33/h7,9-10,12-15,17-18,21-22,24-27,35,37,40-42H,6,8,11,16,19-20,23H2,1-5H3,(H,51,54)(H,52,53)(H,55,61). The number of likely N-dealkylation sites (tertiary alicyclic amines) is 1. The van der Waals surface area contributed by atoms with Crippen LogP contribution < -0.4 is 10.2 Å². The number of H-pyrrole nitrogens is 2. The van der Waals surface area contributed by atoms with E-state index in [1.54, 1.807) is 6.20 Å². The highest BCUT2D eigenvalue weighted by Gasteiger charge is 2.44. The number of esters is 1. The van der Waals surface area contributed by atoms with Crippen LogP contribution in [0.25, 0.3) is 44.5 Å². The van der Waals surface area contributed by atoms with Crippen molar-refractivity contribution in [1.82, 2.24) is 35.1 Å². The number of alkyl carbamates (subject to hydrolysis) is 1. The van der Waals surface area contributed by atoms with E-state index in [0.29, 0.717) is 38.1 Å². The van der Waals surface area contributed by atoms with Crippen molar-refractivity contribution in [3.05, 3.63) is 108 Å². The Kier molecular flexibility index (Phi) is 11.3. The number of carbonyl (C=O) groups is 4. The molecule has 3 amide bonds. The summed E-state index contributed by atoms with van der Waals surface area (Å²) in [6.07, 6.45) is 8.76. The average Bonchev–Trinajstić information content (AvgIpc) is 4.14. The zero-order valence-corrected chi connectivity index (χ0v) is 36.2. The SMILES string of the molecule is CCC(C(=O)OC)C(C(=O)N1CCCC1c1ncc(-c2ccc(-c3ccc4cc(-c5cnc(C6Cc7cccc8c7N6C(=O)C(NC(=O)OC)CC8)[nH]5)ccc4c3)nc2)[nH]1)C(C)C. The molecule has 63 heavy (non-hydrogen) atoms. The van der Waals surface area contributed by atoms with E-state index in [1.165, 1.54) is 14.2 Å². The van der Waals surface area contributed by atoms with Crippen LogP contribution in [0.2, 0.25) is 0 Å². The van der Waals surface area contributed by atoms with Gasteiger partial charge < -0.3 is 29.7 Å². The van der Waals surface area contributed by atoms with Crippen molar-refractivity contribution in [2.24, 2.45) is 17.8 Å². The summed E-state index contributed by atoms with van der Waals surface area (Å²) in [7, 11) is 2.68. The van der Waals surface area contributed by atoms with Crippen molar-refractivity contribution in [1.29, 1.82) is 0 Å². The first-order chi connectivity index (χ1) is 30.6. The van der Waals surface area contributed by atoms with Crippen molar-refractivity contribution in [2.45, 2.75) is 77.4 Å². The number of hydrogen-bond acceptors (Lipinski definition) is 9. The minimum absolute atomic E-state index is 0.0225. The van der Waals surface area contributed by atoms with Crippen molar-refractivity contribution in [3.8, 4) is 33.8 Å². The van der Waals surface area contributed by atoms with Crippen molar-refractivity contribution < 1.29 is 28.7 Å². The van der Waals surface area contributed by atoms with Gasteiger partial charge in [-0.05, 0) is 84.2 Å². The van der Waals surface area contributed by atoms with Gasteiger partial charge in [-0.3, -0.25) is 24.3 Å². The molecule has 0 spiro atoms. The first-order valence-corrected chi connectivity index (χ1v) is 21.8. The maximum atomic E-state index is 14.0. The second-order valence-corrected chi connectivity index (χ2v) is 17.2. The van der Waals surface area contributed by atoms with Gasteiger partial charge in [0.1, 0.15) is 17.7 Å². The number of pyridine rings is 1. The number of fused-ring (bicyclic) bond motifs is 1. The number of aromatic amines is 2. The maximum absolute atomic E-state index is 14.0. The molecule has 5 unspecified atom stereocenters. The van der Waals surface area contributed by atoms with E-state index >= 15 is 0 Å². The number of methoxy groups -OCH3 is 2. The number of amides is 3. The summed E-state index contributed by atoms with van der Waals surface area (Å²) in [6, 6.07) is 21.5. The molecule has 0 saturated carbocycles. The molecule has 3 aromatic carbocycles. The van der Waals surface area contributed by atoms with Crippen molar-refractivity contribution in [2.75, 3.05) is 25.7 Å². The lowest BCUT2D eigenvalue weighted by atomic mass is 9.80. The Morgan fingerprint density at radius 2 is 1.49 bits per heavy atom. The molecule has 6 aromatic rings. The minimum atomic E-state index is -0.705. The Labute approximate surface area is 365 Å². The molecule has 9 rings (SSSR count). The normalized spacial score (nSPS) is 19.2. The largest absolute Gasteiger partial charge is 0.469 e. The maximum Gasteiger partial charge on any atom is 0.407 e. The smallest absolute Gasteiger partial charge is 0.407 e. The average molecular weight is 849 g/mol. The summed E-state index contributed by atoms with van der Waals surface area (Å²) in [5.74, 6) is -0.111. The quantitative estimate of drug-likeness (QED) is 0.109. The third-order valence-electron chi connectivity index (χ3n) is 13.1. The molecule has 3 aliphatic rings. The van der Waals surface area contributed by atoms with Gasteiger partial charge in [0.2, 0.25) is 11.8 Å². The Balaban J connectivity index is 0.897. The monoisotopic (exact) mass is 848 g/mol. The van der Waals surface area contributed by atoms with Gasteiger partial charge in [0.05, 0.1) is 73.3 Å². The summed E-state index contributed by atoms with van der Waals surface area (Å²) >= 11 is 0. The Morgan fingerprint density at radius 3 is 2.17 bits per heavy atom. The number of carbonyl (C=O) groups excluding carboxylic acids is 4. The minimum Gasteiger partial charge on any atom is -0.469 e. The van der Waals surface area contributed by atoms with Gasteiger partial charge in [0.25, 0.3) is 0 Å². The highest BCUT2D eigenvalue weighted by Crippen LogP contribution is 2.45. The number of hydrogen-bond donors (Lipinski definition) is 3. The van der Waals surface area contributed by atoms with Crippen LogP contribution >= 0.6 is 0 Å². The number of nitrogens with one attached hydrogen (secondary N) is 3. The molecule has 1 fully saturated rings. The molecule has 3 N–H and O–H groups in total. The zero-order valence-electron chi connectivity index (χ0n) is 36.2. The molecule has 0 aliphatic carbocycles. The van der Waals surface area contributed by atoms with E-state index in [9.17, 15) is 19.2 Å². The van der Waals surface area contributed by atoms with Crippen LogP contribution in [0.5, 0.6) is 0 Å². The third-order valence-corrected chi connectivity index (χ3v) is 13.1. The number of ether oxygens (including phenoxy) is 2. The molecular formula is C49H52N8O6. The summed E-state index contributed by atoms with van der Waals surface area (Å²) < 4.78 is 9.90. The summed E-state index contributed by atoms with van der Waals surface area (Å²) in [6.45, 7) is 6.52. The fourth-order valence-electron chi connectivity index (χ4n) is 9.93. The van der Waals surface area contributed by atoms with Gasteiger partial charge >= 0.3 is 12.1 Å². The topological polar surface area (TPSA) is 175 Å². The lowest BCUT2D eigenvalue weighted by Crippen LogP contribution is -2.48. The van der Waals surface area contributed by atoms with Gasteiger partial charge in [-0.2, -0.15) is 0 Å². The number of para-hydroxylation sites is 1. The molecule has 5 atom stereocenters. The number of nitrogens with zero attached hydrogens (tertiary/aromatic N) is 5. The number of imidazole rings is 2. The Hall–Kier alpha value is -6.83. The highest BCUT2D eigenvalue weighted by atomic mass is 16.5. The van der Waals surface area contributed by atoms with Crippen molar-refractivity contribution >= 4 is 40.3 Å². The zero-order chi connectivity index (χ0) is 43.9. The number of rotatable bonds is 11. The number of anilines is 1. The predicted molar refractivity (Wildman–Crippen MR) is 238 cm³/mol. The predicted octanol–water partition coefficient (Wildman–Crippen LogP) is 8.12. The van der Waals surface area contributed by atoms with Crippen LogP contribution in [0.15, 0.2) is 85.3 Å². The molecule has 14 heteroatoms. The van der Waals surface area contributed by atoms with Gasteiger partial charge in [-0.25, -0.2) is 14.8 Å². The molecule has 0 bridgehead atoms. The number of aromatic nitrogens is 5. The molecule has 0 radical (unpaired) electrons. The van der Waals surface area contributed by atoms with Crippen molar-refractivity contribution in [3.63, 3.8) is 0 Å². The number of benzene rings is 3. The van der Waals surface area contributed by atoms with E-state index in [4.69, 9.17) is 24.4 Å². The van der Waals surface area contributed by atoms with Crippen LogP contribution in [-0.4, -0.2) is 80.5 Å². The van der Waals surface area contributed by atoms with Crippen LogP contribution in [0.3, 0.4) is 0 Å². The van der Waals surface area contributed by atoms with Crippen LogP contribution in [0.4, 0.5) is 10.5 Å². The summed E-state index contributed by atoms with van der Waals surface area (Å²) in [4.78, 5) is 77.8. The van der Waals surface area contributed by atoms with Gasteiger partial charge in [-0.15, -0.1) is 0 Å². The second kappa shape index (κ2) is 17.1. The van der Waals surface area contributed by atoms with Gasteiger partial charge in [0, 0.05) is 35.9 Å². The van der Waals surface area contributed by atoms with Crippen LogP contribution in [-0.2, 0) is 36.7 Å². The van der Waals surface area contributed by atoms with E-state index in [0.717, 1.165) is 80.0 Å². The molecule has 3 aromatic heterocycles.